The second-order valence-corrected chi connectivity index (χ2v) is 6.14. The van der Waals surface area contributed by atoms with Gasteiger partial charge >= 0.3 is 11.9 Å². The van der Waals surface area contributed by atoms with Crippen LogP contribution in [0.15, 0.2) is 34.9 Å². The number of benzene rings is 1. The molecule has 146 valence electrons. The van der Waals surface area contributed by atoms with Crippen molar-refractivity contribution >= 4 is 23.5 Å². The number of allylic oxidation sites excluding steroid dienone is 1. The van der Waals surface area contributed by atoms with Crippen LogP contribution in [0.3, 0.4) is 0 Å². The molecule has 2 aliphatic rings. The van der Waals surface area contributed by atoms with Crippen LogP contribution in [0.2, 0.25) is 5.02 Å². The number of hydrogen-bond donors (Lipinski definition) is 1. The van der Waals surface area contributed by atoms with Crippen LogP contribution in [-0.4, -0.2) is 33.0 Å². The van der Waals surface area contributed by atoms with E-state index in [1.807, 2.05) is 6.07 Å². The molecule has 0 bridgehead atoms. The van der Waals surface area contributed by atoms with Gasteiger partial charge in [0.2, 0.25) is 12.7 Å². The zero-order chi connectivity index (χ0) is 20.4. The Balaban J connectivity index is 2.23. The lowest BCUT2D eigenvalue weighted by molar-refractivity contribution is -0.140. The number of nitriles is 1. The fourth-order valence-corrected chi connectivity index (χ4v) is 3.21. The van der Waals surface area contributed by atoms with E-state index in [0.29, 0.717) is 17.1 Å². The normalized spacial score (nSPS) is 17.7. The van der Waals surface area contributed by atoms with Gasteiger partial charge < -0.3 is 29.4 Å². The molecule has 2 N–H and O–H groups in total. The van der Waals surface area contributed by atoms with Crippen molar-refractivity contribution in [2.24, 2.45) is 5.73 Å². The van der Waals surface area contributed by atoms with E-state index in [4.69, 9.17) is 36.3 Å². The van der Waals surface area contributed by atoms with Gasteiger partial charge in [-0.2, -0.15) is 5.26 Å². The molecular weight excluding hydrogens is 392 g/mol. The van der Waals surface area contributed by atoms with E-state index in [2.05, 4.69) is 4.74 Å². The Kier molecular flexibility index (Phi) is 5.33. The largest absolute Gasteiger partial charge is 0.469 e. The Bertz CT molecular complexity index is 961. The van der Waals surface area contributed by atoms with Gasteiger partial charge in [-0.25, -0.2) is 4.79 Å². The van der Waals surface area contributed by atoms with E-state index >= 15 is 0 Å². The highest BCUT2D eigenvalue weighted by Crippen LogP contribution is 2.46. The molecule has 2 heterocycles. The van der Waals surface area contributed by atoms with Gasteiger partial charge in [0.15, 0.2) is 11.5 Å². The third-order valence-corrected chi connectivity index (χ3v) is 4.56. The first-order valence-electron chi connectivity index (χ1n) is 7.96. The number of carbonyl (C=O) groups excluding carboxylic acids is 2. The van der Waals surface area contributed by atoms with Gasteiger partial charge in [-0.05, 0) is 11.6 Å². The molecule has 0 amide bonds. The first kappa shape index (κ1) is 19.4. The van der Waals surface area contributed by atoms with E-state index < -0.39 is 17.9 Å². The van der Waals surface area contributed by atoms with E-state index in [1.165, 1.54) is 13.2 Å². The Hall–Kier alpha value is -3.38. The molecule has 1 aromatic carbocycles. The van der Waals surface area contributed by atoms with Crippen LogP contribution in [-0.2, 0) is 23.8 Å². The van der Waals surface area contributed by atoms with E-state index in [-0.39, 0.29) is 41.0 Å². The summed E-state index contributed by atoms with van der Waals surface area (Å²) in [5, 5.41) is 9.84. The molecule has 0 spiro atoms. The SMILES string of the molecule is COC(=O)CC1=C(C(=O)OC)C(c2cc3c(cc2Cl)OCO3)C(C#N)=C(N)O1. The summed E-state index contributed by atoms with van der Waals surface area (Å²) < 4.78 is 25.5. The molecule has 1 aromatic rings. The van der Waals surface area contributed by atoms with Crippen molar-refractivity contribution in [3.8, 4) is 17.6 Å². The first-order valence-corrected chi connectivity index (χ1v) is 8.33. The summed E-state index contributed by atoms with van der Waals surface area (Å²) in [6, 6.07) is 4.99. The summed E-state index contributed by atoms with van der Waals surface area (Å²) >= 11 is 6.39. The molecular formula is C18H15ClN2O7. The van der Waals surface area contributed by atoms with Gasteiger partial charge in [-0.15, -0.1) is 0 Å². The second kappa shape index (κ2) is 7.70. The number of fused-ring (bicyclic) bond motifs is 1. The van der Waals surface area contributed by atoms with Gasteiger partial charge in [-0.3, -0.25) is 4.79 Å². The van der Waals surface area contributed by atoms with Crippen molar-refractivity contribution in [2.45, 2.75) is 12.3 Å². The van der Waals surface area contributed by atoms with E-state index in [1.54, 1.807) is 6.07 Å². The predicted octanol–water partition coefficient (Wildman–Crippen LogP) is 1.87. The van der Waals surface area contributed by atoms with Gasteiger partial charge in [0.05, 0.1) is 25.7 Å². The van der Waals surface area contributed by atoms with Gasteiger partial charge in [0.1, 0.15) is 23.8 Å². The summed E-state index contributed by atoms with van der Waals surface area (Å²) in [5.74, 6) is -2.04. The summed E-state index contributed by atoms with van der Waals surface area (Å²) in [4.78, 5) is 24.3. The average molecular weight is 407 g/mol. The number of ether oxygens (including phenoxy) is 5. The maximum absolute atomic E-state index is 12.6. The highest BCUT2D eigenvalue weighted by atomic mass is 35.5. The molecule has 0 saturated heterocycles. The maximum Gasteiger partial charge on any atom is 0.338 e. The van der Waals surface area contributed by atoms with Crippen LogP contribution >= 0.6 is 11.6 Å². The number of esters is 2. The fraction of sp³-hybridized carbons (Fsp3) is 0.278. The number of methoxy groups -OCH3 is 2. The van der Waals surface area contributed by atoms with Gasteiger partial charge in [-0.1, -0.05) is 11.6 Å². The highest BCUT2D eigenvalue weighted by Gasteiger charge is 2.40. The monoisotopic (exact) mass is 406 g/mol. The van der Waals surface area contributed by atoms with E-state index in [9.17, 15) is 14.9 Å². The minimum Gasteiger partial charge on any atom is -0.469 e. The Morgan fingerprint density at radius 1 is 1.29 bits per heavy atom. The summed E-state index contributed by atoms with van der Waals surface area (Å²) in [6.07, 6.45) is -0.390. The zero-order valence-electron chi connectivity index (χ0n) is 14.9. The molecule has 0 saturated carbocycles. The smallest absolute Gasteiger partial charge is 0.338 e. The van der Waals surface area contributed by atoms with Crippen LogP contribution < -0.4 is 15.2 Å². The molecule has 9 nitrogen and oxygen atoms in total. The van der Waals surface area contributed by atoms with Crippen molar-refractivity contribution in [3.05, 3.63) is 45.5 Å². The molecule has 3 rings (SSSR count). The molecule has 28 heavy (non-hydrogen) atoms. The minimum atomic E-state index is -1.03. The lowest BCUT2D eigenvalue weighted by Crippen LogP contribution is -2.27. The first-order chi connectivity index (χ1) is 13.4. The predicted molar refractivity (Wildman–Crippen MR) is 93.9 cm³/mol. The van der Waals surface area contributed by atoms with Crippen LogP contribution in [0.1, 0.15) is 17.9 Å². The van der Waals surface area contributed by atoms with Crippen molar-refractivity contribution < 1.29 is 33.3 Å². The lowest BCUT2D eigenvalue weighted by Gasteiger charge is -2.28. The Labute approximate surface area is 164 Å². The van der Waals surface area contributed by atoms with Gasteiger partial charge in [0, 0.05) is 11.1 Å². The molecule has 0 aliphatic carbocycles. The molecule has 10 heteroatoms. The topological polar surface area (TPSA) is 130 Å². The van der Waals surface area contributed by atoms with E-state index in [0.717, 1.165) is 7.11 Å². The minimum absolute atomic E-state index is 0.0132. The van der Waals surface area contributed by atoms with Crippen molar-refractivity contribution in [3.63, 3.8) is 0 Å². The molecule has 1 unspecified atom stereocenters. The number of carbonyl (C=O) groups is 2. The number of halogens is 1. The lowest BCUT2D eigenvalue weighted by atomic mass is 9.82. The number of nitrogens with two attached hydrogens (primary N) is 1. The van der Waals surface area contributed by atoms with Crippen LogP contribution in [0, 0.1) is 11.3 Å². The molecule has 0 radical (unpaired) electrons. The molecule has 0 fully saturated rings. The Morgan fingerprint density at radius 3 is 2.57 bits per heavy atom. The molecule has 2 aliphatic heterocycles. The summed E-state index contributed by atoms with van der Waals surface area (Å²) in [7, 11) is 2.35. The number of nitrogens with zero attached hydrogens (tertiary/aromatic N) is 1. The number of hydrogen-bond acceptors (Lipinski definition) is 9. The quantitative estimate of drug-likeness (QED) is 0.744. The summed E-state index contributed by atoms with van der Waals surface area (Å²) in [6.45, 7) is 0.0132. The number of rotatable bonds is 4. The van der Waals surface area contributed by atoms with Crippen LogP contribution in [0.4, 0.5) is 0 Å². The standard InChI is InChI=1S/C18H15ClN2O7/c1-24-14(22)5-13-16(18(23)25-2)15(9(6-20)17(21)28-13)8-3-11-12(4-10(8)19)27-7-26-11/h3-4,15H,5,7,21H2,1-2H3. The third-order valence-electron chi connectivity index (χ3n) is 4.24. The molecule has 0 aromatic heterocycles. The van der Waals surface area contributed by atoms with Gasteiger partial charge in [0.25, 0.3) is 0 Å². The third kappa shape index (κ3) is 3.30. The van der Waals surface area contributed by atoms with Crippen LogP contribution in [0.25, 0.3) is 0 Å². The summed E-state index contributed by atoms with van der Waals surface area (Å²) in [5.41, 5.74) is 6.09. The zero-order valence-corrected chi connectivity index (χ0v) is 15.7. The van der Waals surface area contributed by atoms with Crippen molar-refractivity contribution in [2.75, 3.05) is 21.0 Å². The Morgan fingerprint density at radius 2 is 1.96 bits per heavy atom. The fourth-order valence-electron chi connectivity index (χ4n) is 2.95. The van der Waals surface area contributed by atoms with Crippen LogP contribution in [0.5, 0.6) is 11.5 Å². The molecule has 1 atom stereocenters. The highest BCUT2D eigenvalue weighted by molar-refractivity contribution is 6.31. The maximum atomic E-state index is 12.6. The van der Waals surface area contributed by atoms with Crippen molar-refractivity contribution in [1.82, 2.24) is 0 Å². The van der Waals surface area contributed by atoms with Crippen molar-refractivity contribution in [1.29, 1.82) is 5.26 Å². The average Bonchev–Trinajstić information content (AvgIpc) is 3.13. The second-order valence-electron chi connectivity index (χ2n) is 5.73.